The van der Waals surface area contributed by atoms with Crippen LogP contribution in [0.15, 0.2) is 48.5 Å². The molecule has 0 aromatic heterocycles. The zero-order valence-corrected chi connectivity index (χ0v) is 16.7. The molecule has 2 fully saturated rings. The van der Waals surface area contributed by atoms with E-state index in [0.29, 0.717) is 10.6 Å². The molecule has 2 unspecified atom stereocenters. The fourth-order valence-corrected chi connectivity index (χ4v) is 3.97. The fraction of sp³-hybridized carbons (Fsp3) is 0.381. The number of methoxy groups -OCH3 is 1. The first-order valence-electron chi connectivity index (χ1n) is 9.58. The largest absolute Gasteiger partial charge is 0.497 e. The van der Waals surface area contributed by atoms with Gasteiger partial charge in [0.2, 0.25) is 0 Å². The maximum atomic E-state index is 12.7. The molecule has 7 heteroatoms. The lowest BCUT2D eigenvalue weighted by molar-refractivity contribution is 0.0545. The number of carbonyl (C=O) groups is 1. The van der Waals surface area contributed by atoms with Gasteiger partial charge in [0.25, 0.3) is 5.91 Å². The number of amides is 1. The minimum Gasteiger partial charge on any atom is -0.497 e. The molecule has 2 aliphatic heterocycles. The maximum absolute atomic E-state index is 12.7. The van der Waals surface area contributed by atoms with Crippen LogP contribution in [0.2, 0.25) is 5.02 Å². The highest BCUT2D eigenvalue weighted by atomic mass is 35.5. The SMILES string of the molecule is COc1ccc(C2CC(N3CCN(C(=O)c4ccc(Cl)cc4)CC3)NN2)cc1. The maximum Gasteiger partial charge on any atom is 0.253 e. The Balaban J connectivity index is 1.30. The summed E-state index contributed by atoms with van der Waals surface area (Å²) in [6.07, 6.45) is 1.25. The summed E-state index contributed by atoms with van der Waals surface area (Å²) in [7, 11) is 1.68. The molecule has 1 amide bonds. The van der Waals surface area contributed by atoms with E-state index in [1.165, 1.54) is 5.56 Å². The van der Waals surface area contributed by atoms with Gasteiger partial charge in [-0.3, -0.25) is 9.69 Å². The van der Waals surface area contributed by atoms with Crippen molar-refractivity contribution in [1.29, 1.82) is 0 Å². The Morgan fingerprint density at radius 1 is 1.00 bits per heavy atom. The third kappa shape index (κ3) is 4.15. The van der Waals surface area contributed by atoms with Crippen molar-refractivity contribution in [3.05, 3.63) is 64.7 Å². The molecule has 0 aliphatic carbocycles. The van der Waals surface area contributed by atoms with Gasteiger partial charge in [-0.25, -0.2) is 10.9 Å². The molecule has 0 saturated carbocycles. The van der Waals surface area contributed by atoms with Crippen LogP contribution in [0.4, 0.5) is 0 Å². The summed E-state index contributed by atoms with van der Waals surface area (Å²) in [6, 6.07) is 15.6. The molecule has 2 aromatic rings. The Morgan fingerprint density at radius 3 is 2.32 bits per heavy atom. The van der Waals surface area contributed by atoms with Crippen LogP contribution in [-0.4, -0.2) is 55.2 Å². The second-order valence-electron chi connectivity index (χ2n) is 7.20. The van der Waals surface area contributed by atoms with Crippen molar-refractivity contribution in [2.75, 3.05) is 33.3 Å². The number of rotatable bonds is 4. The van der Waals surface area contributed by atoms with E-state index in [-0.39, 0.29) is 18.1 Å². The number of nitrogens with one attached hydrogen (secondary N) is 2. The van der Waals surface area contributed by atoms with Crippen molar-refractivity contribution in [3.8, 4) is 5.75 Å². The van der Waals surface area contributed by atoms with Crippen molar-refractivity contribution < 1.29 is 9.53 Å². The third-order valence-corrected chi connectivity index (χ3v) is 5.79. The van der Waals surface area contributed by atoms with Crippen LogP contribution < -0.4 is 15.6 Å². The zero-order chi connectivity index (χ0) is 19.5. The average Bonchev–Trinajstić information content (AvgIpc) is 3.24. The first-order chi connectivity index (χ1) is 13.6. The van der Waals surface area contributed by atoms with E-state index >= 15 is 0 Å². The van der Waals surface area contributed by atoms with Gasteiger partial charge < -0.3 is 9.64 Å². The van der Waals surface area contributed by atoms with Gasteiger partial charge in [0, 0.05) is 42.8 Å². The predicted octanol–water partition coefficient (Wildman–Crippen LogP) is 2.67. The van der Waals surface area contributed by atoms with Crippen LogP contribution in [0.1, 0.15) is 28.4 Å². The number of piperazine rings is 1. The zero-order valence-electron chi connectivity index (χ0n) is 15.9. The Hall–Kier alpha value is -2.12. The number of hydrogen-bond acceptors (Lipinski definition) is 5. The minimum absolute atomic E-state index is 0.0740. The van der Waals surface area contributed by atoms with E-state index in [1.54, 1.807) is 31.4 Å². The summed E-state index contributed by atoms with van der Waals surface area (Å²) < 4.78 is 5.23. The standard InChI is InChI=1S/C21H25ClN4O2/c1-28-18-8-4-15(5-9-18)19-14-20(24-23-19)25-10-12-26(13-11-25)21(27)16-2-6-17(22)7-3-16/h2-9,19-20,23-24H,10-14H2,1H3. The smallest absolute Gasteiger partial charge is 0.253 e. The summed E-state index contributed by atoms with van der Waals surface area (Å²) in [5.74, 6) is 0.942. The number of hydrazine groups is 1. The average molecular weight is 401 g/mol. The van der Waals surface area contributed by atoms with Gasteiger partial charge in [-0.15, -0.1) is 0 Å². The van der Waals surface area contributed by atoms with Crippen LogP contribution in [0, 0.1) is 0 Å². The summed E-state index contributed by atoms with van der Waals surface area (Å²) in [5.41, 5.74) is 8.74. The van der Waals surface area contributed by atoms with Crippen molar-refractivity contribution in [3.63, 3.8) is 0 Å². The Bertz CT molecular complexity index is 804. The highest BCUT2D eigenvalue weighted by molar-refractivity contribution is 6.30. The minimum atomic E-state index is 0.0740. The number of halogens is 1. The lowest BCUT2D eigenvalue weighted by Gasteiger charge is -2.37. The molecule has 0 radical (unpaired) electrons. The Morgan fingerprint density at radius 2 is 1.68 bits per heavy atom. The molecule has 2 aliphatic rings. The summed E-state index contributed by atoms with van der Waals surface area (Å²) in [5, 5.41) is 0.646. The van der Waals surface area contributed by atoms with Gasteiger partial charge in [-0.1, -0.05) is 23.7 Å². The van der Waals surface area contributed by atoms with Gasteiger partial charge in [0.1, 0.15) is 5.75 Å². The van der Waals surface area contributed by atoms with E-state index in [4.69, 9.17) is 16.3 Å². The van der Waals surface area contributed by atoms with E-state index in [1.807, 2.05) is 17.0 Å². The molecule has 2 saturated heterocycles. The third-order valence-electron chi connectivity index (χ3n) is 5.53. The van der Waals surface area contributed by atoms with Crippen LogP contribution >= 0.6 is 11.6 Å². The first-order valence-corrected chi connectivity index (χ1v) is 9.96. The van der Waals surface area contributed by atoms with Crippen molar-refractivity contribution in [2.24, 2.45) is 0 Å². The molecule has 2 N–H and O–H groups in total. The normalized spacial score (nSPS) is 23.0. The second kappa shape index (κ2) is 8.49. The van der Waals surface area contributed by atoms with Gasteiger partial charge in [-0.05, 0) is 48.4 Å². The van der Waals surface area contributed by atoms with Gasteiger partial charge in [-0.2, -0.15) is 0 Å². The van der Waals surface area contributed by atoms with Crippen molar-refractivity contribution >= 4 is 17.5 Å². The molecular formula is C21H25ClN4O2. The van der Waals surface area contributed by atoms with Gasteiger partial charge in [0.15, 0.2) is 0 Å². The molecule has 2 heterocycles. The topological polar surface area (TPSA) is 56.8 Å². The van der Waals surface area contributed by atoms with E-state index in [9.17, 15) is 4.79 Å². The van der Waals surface area contributed by atoms with E-state index < -0.39 is 0 Å². The Labute approximate surface area is 170 Å². The number of ether oxygens (including phenoxy) is 1. The van der Waals surface area contributed by atoms with Crippen molar-refractivity contribution in [1.82, 2.24) is 20.7 Å². The number of nitrogens with zero attached hydrogens (tertiary/aromatic N) is 2. The highest BCUT2D eigenvalue weighted by Gasteiger charge is 2.32. The lowest BCUT2D eigenvalue weighted by Crippen LogP contribution is -2.55. The quantitative estimate of drug-likeness (QED) is 0.826. The van der Waals surface area contributed by atoms with E-state index in [2.05, 4.69) is 27.9 Å². The van der Waals surface area contributed by atoms with Crippen molar-refractivity contribution in [2.45, 2.75) is 18.6 Å². The van der Waals surface area contributed by atoms with Crippen LogP contribution in [-0.2, 0) is 0 Å². The molecule has 0 spiro atoms. The molecule has 2 atom stereocenters. The molecule has 28 heavy (non-hydrogen) atoms. The number of hydrogen-bond donors (Lipinski definition) is 2. The molecule has 148 valence electrons. The lowest BCUT2D eigenvalue weighted by atomic mass is 10.0. The predicted molar refractivity (Wildman–Crippen MR) is 109 cm³/mol. The molecule has 6 nitrogen and oxygen atoms in total. The first kappa shape index (κ1) is 19.2. The molecule has 0 bridgehead atoms. The van der Waals surface area contributed by atoms with E-state index in [0.717, 1.165) is 38.3 Å². The molecule has 2 aromatic carbocycles. The summed E-state index contributed by atoms with van der Waals surface area (Å²) in [4.78, 5) is 17.0. The molecule has 4 rings (SSSR count). The van der Waals surface area contributed by atoms with Crippen LogP contribution in [0.5, 0.6) is 5.75 Å². The molecular weight excluding hydrogens is 376 g/mol. The fourth-order valence-electron chi connectivity index (χ4n) is 3.85. The summed E-state index contributed by atoms with van der Waals surface area (Å²) in [6.45, 7) is 3.17. The van der Waals surface area contributed by atoms with Gasteiger partial charge >= 0.3 is 0 Å². The second-order valence-corrected chi connectivity index (χ2v) is 7.64. The Kier molecular flexibility index (Phi) is 5.82. The number of carbonyl (C=O) groups excluding carboxylic acids is 1. The summed E-state index contributed by atoms with van der Waals surface area (Å²) >= 11 is 5.91. The monoisotopic (exact) mass is 400 g/mol. The van der Waals surface area contributed by atoms with Gasteiger partial charge in [0.05, 0.1) is 13.3 Å². The van der Waals surface area contributed by atoms with Crippen LogP contribution in [0.3, 0.4) is 0 Å². The van der Waals surface area contributed by atoms with Crippen LogP contribution in [0.25, 0.3) is 0 Å². The number of benzene rings is 2. The highest BCUT2D eigenvalue weighted by Crippen LogP contribution is 2.26.